The second-order valence-electron chi connectivity index (χ2n) is 8.40. The number of methoxy groups -OCH3 is 1. The number of amides is 1. The molecule has 0 radical (unpaired) electrons. The number of hydrogen-bond donors (Lipinski definition) is 1. The molecule has 1 aromatic heterocycles. The van der Waals surface area contributed by atoms with E-state index in [-0.39, 0.29) is 5.78 Å². The summed E-state index contributed by atoms with van der Waals surface area (Å²) < 4.78 is 16.6. The van der Waals surface area contributed by atoms with Crippen molar-refractivity contribution in [2.75, 3.05) is 12.4 Å². The largest absolute Gasteiger partial charge is 0.497 e. The summed E-state index contributed by atoms with van der Waals surface area (Å²) in [5, 5.41) is 3.40. The zero-order chi connectivity index (χ0) is 22.6. The van der Waals surface area contributed by atoms with Crippen molar-refractivity contribution in [2.24, 2.45) is 0 Å². The van der Waals surface area contributed by atoms with E-state index in [9.17, 15) is 9.59 Å². The van der Waals surface area contributed by atoms with Crippen LogP contribution in [-0.4, -0.2) is 24.6 Å². The molecular formula is C25H29NO5. The van der Waals surface area contributed by atoms with Crippen LogP contribution in [0.1, 0.15) is 62.2 Å². The molecule has 3 rings (SSSR count). The Kier molecular flexibility index (Phi) is 6.68. The normalized spacial score (nSPS) is 11.4. The summed E-state index contributed by atoms with van der Waals surface area (Å²) in [7, 11) is 1.59. The first-order valence-corrected chi connectivity index (χ1v) is 10.5. The topological polar surface area (TPSA) is 77.8 Å². The van der Waals surface area contributed by atoms with Gasteiger partial charge in [0.2, 0.25) is 0 Å². The third-order valence-corrected chi connectivity index (χ3v) is 4.74. The van der Waals surface area contributed by atoms with E-state index in [2.05, 4.69) is 12.2 Å². The standard InChI is InChI=1S/C25H29NO5/c1-6-7-8-21-22(23(27)16-9-12-18(29-5)13-10-16)19-15-17(11-14-20(19)30-21)26-24(28)31-25(2,3)4/h9-15H,6-8H2,1-5H3,(H,26,28). The van der Waals surface area contributed by atoms with Gasteiger partial charge in [-0.15, -0.1) is 0 Å². The summed E-state index contributed by atoms with van der Waals surface area (Å²) in [6.07, 6.45) is 2.01. The molecular weight excluding hydrogens is 394 g/mol. The fourth-order valence-corrected chi connectivity index (χ4v) is 3.30. The van der Waals surface area contributed by atoms with Crippen LogP contribution in [-0.2, 0) is 11.2 Å². The van der Waals surface area contributed by atoms with Crippen LogP contribution in [0.25, 0.3) is 11.0 Å². The first-order chi connectivity index (χ1) is 14.7. The average molecular weight is 424 g/mol. The van der Waals surface area contributed by atoms with Gasteiger partial charge in [0, 0.05) is 23.1 Å². The van der Waals surface area contributed by atoms with Crippen LogP contribution in [0.2, 0.25) is 0 Å². The number of ketones is 1. The molecule has 1 amide bonds. The molecule has 0 saturated carbocycles. The molecule has 6 heteroatoms. The number of aryl methyl sites for hydroxylation is 1. The Morgan fingerprint density at radius 1 is 1.06 bits per heavy atom. The number of rotatable bonds is 7. The molecule has 2 aromatic carbocycles. The van der Waals surface area contributed by atoms with Gasteiger partial charge in [0.05, 0.1) is 12.7 Å². The van der Waals surface area contributed by atoms with Crippen LogP contribution in [0, 0.1) is 0 Å². The molecule has 0 bridgehead atoms. The molecule has 1 N–H and O–H groups in total. The molecule has 0 aliphatic heterocycles. The quantitative estimate of drug-likeness (QED) is 0.447. The second kappa shape index (κ2) is 9.25. The van der Waals surface area contributed by atoms with E-state index in [4.69, 9.17) is 13.9 Å². The molecule has 3 aromatic rings. The van der Waals surface area contributed by atoms with Crippen molar-refractivity contribution in [1.29, 1.82) is 0 Å². The highest BCUT2D eigenvalue weighted by atomic mass is 16.6. The van der Waals surface area contributed by atoms with Gasteiger partial charge in [-0.05, 0) is 69.7 Å². The Labute approximate surface area is 182 Å². The van der Waals surface area contributed by atoms with Gasteiger partial charge < -0.3 is 13.9 Å². The highest BCUT2D eigenvalue weighted by molar-refractivity contribution is 6.17. The van der Waals surface area contributed by atoms with E-state index in [0.717, 1.165) is 12.8 Å². The van der Waals surface area contributed by atoms with Crippen molar-refractivity contribution < 1.29 is 23.5 Å². The minimum Gasteiger partial charge on any atom is -0.497 e. The molecule has 0 unspecified atom stereocenters. The number of hydrogen-bond acceptors (Lipinski definition) is 5. The maximum absolute atomic E-state index is 13.4. The lowest BCUT2D eigenvalue weighted by molar-refractivity contribution is 0.0635. The molecule has 1 heterocycles. The van der Waals surface area contributed by atoms with E-state index in [1.165, 1.54) is 0 Å². The molecule has 0 spiro atoms. The summed E-state index contributed by atoms with van der Waals surface area (Å²) >= 11 is 0. The predicted octanol–water partition coefficient (Wildman–Crippen LogP) is 6.36. The zero-order valence-corrected chi connectivity index (χ0v) is 18.7. The summed E-state index contributed by atoms with van der Waals surface area (Å²) in [4.78, 5) is 25.6. The molecule has 6 nitrogen and oxygen atoms in total. The van der Waals surface area contributed by atoms with Crippen LogP contribution in [0.4, 0.5) is 10.5 Å². The van der Waals surface area contributed by atoms with Gasteiger partial charge in [0.25, 0.3) is 0 Å². The van der Waals surface area contributed by atoms with Crippen molar-refractivity contribution in [2.45, 2.75) is 52.6 Å². The average Bonchev–Trinajstić information content (AvgIpc) is 3.07. The predicted molar refractivity (Wildman–Crippen MR) is 121 cm³/mol. The maximum atomic E-state index is 13.4. The summed E-state index contributed by atoms with van der Waals surface area (Å²) in [5.41, 5.74) is 1.62. The van der Waals surface area contributed by atoms with Crippen molar-refractivity contribution in [1.82, 2.24) is 0 Å². The maximum Gasteiger partial charge on any atom is 0.412 e. The van der Waals surface area contributed by atoms with Crippen LogP contribution >= 0.6 is 0 Å². The van der Waals surface area contributed by atoms with E-state index in [0.29, 0.717) is 45.7 Å². The number of benzene rings is 2. The summed E-state index contributed by atoms with van der Waals surface area (Å²) in [5.74, 6) is 1.22. The van der Waals surface area contributed by atoms with Crippen LogP contribution in [0.5, 0.6) is 5.75 Å². The second-order valence-corrected chi connectivity index (χ2v) is 8.40. The third kappa shape index (κ3) is 5.45. The molecule has 0 fully saturated rings. The molecule has 0 atom stereocenters. The highest BCUT2D eigenvalue weighted by Gasteiger charge is 2.23. The van der Waals surface area contributed by atoms with E-state index < -0.39 is 11.7 Å². The molecule has 0 saturated heterocycles. The molecule has 0 aliphatic rings. The van der Waals surface area contributed by atoms with Crippen LogP contribution in [0.15, 0.2) is 46.9 Å². The fourth-order valence-electron chi connectivity index (χ4n) is 3.30. The van der Waals surface area contributed by atoms with Gasteiger partial charge in [-0.2, -0.15) is 0 Å². The number of nitrogens with one attached hydrogen (secondary N) is 1. The Morgan fingerprint density at radius 3 is 2.39 bits per heavy atom. The summed E-state index contributed by atoms with van der Waals surface area (Å²) in [6, 6.07) is 12.3. The van der Waals surface area contributed by atoms with Gasteiger partial charge in [-0.3, -0.25) is 10.1 Å². The van der Waals surface area contributed by atoms with Gasteiger partial charge in [0.15, 0.2) is 5.78 Å². The molecule has 31 heavy (non-hydrogen) atoms. The van der Waals surface area contributed by atoms with Crippen LogP contribution in [0.3, 0.4) is 0 Å². The molecule has 0 aliphatic carbocycles. The van der Waals surface area contributed by atoms with Crippen molar-refractivity contribution in [3.8, 4) is 5.75 Å². The fraction of sp³-hybridized carbons (Fsp3) is 0.360. The van der Waals surface area contributed by atoms with E-state index >= 15 is 0 Å². The zero-order valence-electron chi connectivity index (χ0n) is 18.7. The number of furan rings is 1. The first kappa shape index (κ1) is 22.4. The summed E-state index contributed by atoms with van der Waals surface area (Å²) in [6.45, 7) is 7.50. The lowest BCUT2D eigenvalue weighted by atomic mass is 9.98. The van der Waals surface area contributed by atoms with Crippen LogP contribution < -0.4 is 10.1 Å². The lowest BCUT2D eigenvalue weighted by Crippen LogP contribution is -2.27. The highest BCUT2D eigenvalue weighted by Crippen LogP contribution is 2.32. The Morgan fingerprint density at radius 2 is 1.77 bits per heavy atom. The number of anilines is 1. The first-order valence-electron chi connectivity index (χ1n) is 10.5. The van der Waals surface area contributed by atoms with Crippen molar-refractivity contribution >= 4 is 28.5 Å². The molecule has 164 valence electrons. The lowest BCUT2D eigenvalue weighted by Gasteiger charge is -2.19. The Hall–Kier alpha value is -3.28. The minimum absolute atomic E-state index is 0.123. The SMILES string of the molecule is CCCCc1oc2ccc(NC(=O)OC(C)(C)C)cc2c1C(=O)c1ccc(OC)cc1. The Bertz CT molecular complexity index is 1070. The van der Waals surface area contributed by atoms with Gasteiger partial charge >= 0.3 is 6.09 Å². The number of carbonyl (C=O) groups excluding carboxylic acids is 2. The van der Waals surface area contributed by atoms with Gasteiger partial charge in [-0.1, -0.05) is 13.3 Å². The third-order valence-electron chi connectivity index (χ3n) is 4.74. The van der Waals surface area contributed by atoms with E-state index in [1.807, 2.05) is 0 Å². The van der Waals surface area contributed by atoms with Crippen molar-refractivity contribution in [3.05, 3.63) is 59.4 Å². The monoisotopic (exact) mass is 423 g/mol. The van der Waals surface area contributed by atoms with Crippen molar-refractivity contribution in [3.63, 3.8) is 0 Å². The number of carbonyl (C=O) groups is 2. The van der Waals surface area contributed by atoms with Gasteiger partial charge in [0.1, 0.15) is 22.7 Å². The smallest absolute Gasteiger partial charge is 0.412 e. The minimum atomic E-state index is -0.605. The number of fused-ring (bicyclic) bond motifs is 1. The number of ether oxygens (including phenoxy) is 2. The van der Waals surface area contributed by atoms with Gasteiger partial charge in [-0.25, -0.2) is 4.79 Å². The van der Waals surface area contributed by atoms with E-state index in [1.54, 1.807) is 70.3 Å². The Balaban J connectivity index is 2.01. The number of unbranched alkanes of at least 4 members (excludes halogenated alkanes) is 1.